The largest absolute Gasteiger partial charge is 0.618 e. The number of nitrogens with two attached hydrogens (primary N) is 1. The van der Waals surface area contributed by atoms with E-state index in [0.717, 1.165) is 10.5 Å². The van der Waals surface area contributed by atoms with Crippen molar-refractivity contribution >= 4 is 38.8 Å². The Hall–Kier alpha value is -2.67. The second kappa shape index (κ2) is 7.54. The quantitative estimate of drug-likeness (QED) is 0.344. The van der Waals surface area contributed by atoms with Crippen LogP contribution in [0.1, 0.15) is 17.3 Å². The Balaban J connectivity index is 1.70. The van der Waals surface area contributed by atoms with Crippen molar-refractivity contribution in [1.29, 1.82) is 0 Å². The topological polar surface area (TPSA) is 145 Å². The molecular formula is C18H18N4O6S2. The zero-order valence-corrected chi connectivity index (χ0v) is 17.2. The van der Waals surface area contributed by atoms with E-state index in [2.05, 4.69) is 0 Å². The summed E-state index contributed by atoms with van der Waals surface area (Å²) in [5, 5.41) is 13.3. The fourth-order valence-electron chi connectivity index (χ4n) is 4.17. The van der Waals surface area contributed by atoms with Crippen LogP contribution < -0.4 is 10.5 Å². The van der Waals surface area contributed by atoms with Gasteiger partial charge in [-0.15, -0.1) is 11.3 Å². The van der Waals surface area contributed by atoms with Crippen LogP contribution in [0.5, 0.6) is 0 Å². The first-order chi connectivity index (χ1) is 14.2. The number of pyridine rings is 1. The fourth-order valence-corrected chi connectivity index (χ4v) is 6.67. The summed E-state index contributed by atoms with van der Waals surface area (Å²) in [6, 6.07) is 4.69. The third-order valence-corrected chi connectivity index (χ3v) is 8.20. The Morgan fingerprint density at radius 1 is 1.27 bits per heavy atom. The molecule has 30 heavy (non-hydrogen) atoms. The first-order valence-corrected chi connectivity index (χ1v) is 11.4. The standard InChI is InChI=1S/C18H18N4O6S2/c19-18(25)17(24)16(13-4-3-9-29-13)20-8-6-11-15(20)12(23)10-22(11)30(27,28)14-5-1-2-7-21(14)26/h1-5,7,9,11,15-16H,6,8,10H2,(H2,19,25). The van der Waals surface area contributed by atoms with E-state index >= 15 is 0 Å². The smallest absolute Gasteiger partial charge is 0.323 e. The summed E-state index contributed by atoms with van der Waals surface area (Å²) in [6.45, 7) is -0.189. The molecule has 1 amide bonds. The van der Waals surface area contributed by atoms with Gasteiger partial charge in [0.1, 0.15) is 6.04 Å². The van der Waals surface area contributed by atoms with Crippen molar-refractivity contribution < 1.29 is 27.5 Å². The lowest BCUT2D eigenvalue weighted by atomic mass is 10.0. The first-order valence-electron chi connectivity index (χ1n) is 9.09. The molecule has 0 bridgehead atoms. The van der Waals surface area contributed by atoms with Crippen LogP contribution in [0.25, 0.3) is 0 Å². The van der Waals surface area contributed by atoms with Crippen molar-refractivity contribution in [3.05, 3.63) is 52.0 Å². The molecule has 2 aromatic rings. The van der Waals surface area contributed by atoms with Crippen LogP contribution in [0.15, 0.2) is 46.9 Å². The number of aromatic nitrogens is 1. The normalized spacial score (nSPS) is 23.4. The molecule has 2 fully saturated rings. The number of carbonyl (C=O) groups is 3. The summed E-state index contributed by atoms with van der Waals surface area (Å²) < 4.78 is 27.4. The minimum atomic E-state index is -4.23. The number of primary amides is 1. The van der Waals surface area contributed by atoms with Crippen LogP contribution in [0.2, 0.25) is 0 Å². The molecule has 2 aliphatic heterocycles. The molecule has 0 spiro atoms. The number of nitrogens with zero attached hydrogens (tertiary/aromatic N) is 3. The van der Waals surface area contributed by atoms with Crippen molar-refractivity contribution in [3.8, 4) is 0 Å². The molecule has 10 nitrogen and oxygen atoms in total. The number of hydrogen-bond acceptors (Lipinski definition) is 8. The molecule has 4 heterocycles. The van der Waals surface area contributed by atoms with Gasteiger partial charge >= 0.3 is 15.0 Å². The highest BCUT2D eigenvalue weighted by Gasteiger charge is 2.56. The molecule has 3 atom stereocenters. The Morgan fingerprint density at radius 2 is 2.03 bits per heavy atom. The highest BCUT2D eigenvalue weighted by molar-refractivity contribution is 7.89. The van der Waals surface area contributed by atoms with Crippen LogP contribution >= 0.6 is 11.3 Å². The number of fused-ring (bicyclic) bond motifs is 1. The predicted octanol–water partition coefficient (Wildman–Crippen LogP) is -0.806. The second-order valence-electron chi connectivity index (χ2n) is 7.07. The van der Waals surface area contributed by atoms with E-state index in [1.54, 1.807) is 22.4 Å². The van der Waals surface area contributed by atoms with Crippen molar-refractivity contribution in [2.75, 3.05) is 13.1 Å². The second-order valence-corrected chi connectivity index (χ2v) is 9.88. The van der Waals surface area contributed by atoms with Gasteiger partial charge in [-0.25, -0.2) is 8.42 Å². The van der Waals surface area contributed by atoms with Gasteiger partial charge < -0.3 is 10.9 Å². The predicted molar refractivity (Wildman–Crippen MR) is 104 cm³/mol. The number of carbonyl (C=O) groups excluding carboxylic acids is 3. The lowest BCUT2D eigenvalue weighted by molar-refractivity contribution is -0.646. The Bertz CT molecular complexity index is 1120. The van der Waals surface area contributed by atoms with Gasteiger partial charge in [-0.3, -0.25) is 19.3 Å². The summed E-state index contributed by atoms with van der Waals surface area (Å²) in [4.78, 5) is 39.2. The van der Waals surface area contributed by atoms with Crippen molar-refractivity contribution in [3.63, 3.8) is 0 Å². The van der Waals surface area contributed by atoms with Crippen LogP contribution in [0, 0.1) is 5.21 Å². The zero-order chi connectivity index (χ0) is 21.6. The summed E-state index contributed by atoms with van der Waals surface area (Å²) >= 11 is 1.25. The van der Waals surface area contributed by atoms with Gasteiger partial charge in [0.05, 0.1) is 12.6 Å². The molecule has 158 valence electrons. The fraction of sp³-hybridized carbons (Fsp3) is 0.333. The van der Waals surface area contributed by atoms with Crippen LogP contribution in [0.3, 0.4) is 0 Å². The van der Waals surface area contributed by atoms with Gasteiger partial charge in [0.15, 0.2) is 12.0 Å². The van der Waals surface area contributed by atoms with E-state index in [0.29, 0.717) is 4.88 Å². The molecule has 0 saturated carbocycles. The van der Waals surface area contributed by atoms with Gasteiger partial charge in [-0.1, -0.05) is 6.07 Å². The summed E-state index contributed by atoms with van der Waals surface area (Å²) in [6.07, 6.45) is 1.34. The summed E-state index contributed by atoms with van der Waals surface area (Å²) in [7, 11) is -4.23. The lowest BCUT2D eigenvalue weighted by Crippen LogP contribution is -2.47. The summed E-state index contributed by atoms with van der Waals surface area (Å²) in [5.74, 6) is -2.37. The minimum Gasteiger partial charge on any atom is -0.618 e. The van der Waals surface area contributed by atoms with Gasteiger partial charge in [0.2, 0.25) is 5.78 Å². The number of rotatable bonds is 6. The van der Waals surface area contributed by atoms with E-state index in [1.165, 1.54) is 29.5 Å². The minimum absolute atomic E-state index is 0.223. The molecule has 2 N–H and O–H groups in total. The zero-order valence-electron chi connectivity index (χ0n) is 15.6. The van der Waals surface area contributed by atoms with Gasteiger partial charge in [-0.05, 0) is 23.9 Å². The molecule has 2 saturated heterocycles. The van der Waals surface area contributed by atoms with Gasteiger partial charge in [-0.2, -0.15) is 9.04 Å². The van der Waals surface area contributed by atoms with Gasteiger partial charge in [0.25, 0.3) is 5.91 Å². The van der Waals surface area contributed by atoms with Crippen LogP contribution in [-0.2, 0) is 24.4 Å². The van der Waals surface area contributed by atoms with E-state index < -0.39 is 57.2 Å². The van der Waals surface area contributed by atoms with E-state index in [-0.39, 0.29) is 17.7 Å². The third kappa shape index (κ3) is 3.21. The highest BCUT2D eigenvalue weighted by Crippen LogP contribution is 2.39. The van der Waals surface area contributed by atoms with E-state index in [1.807, 2.05) is 0 Å². The molecule has 2 aromatic heterocycles. The third-order valence-electron chi connectivity index (χ3n) is 5.41. The van der Waals surface area contributed by atoms with E-state index in [4.69, 9.17) is 5.73 Å². The van der Waals surface area contributed by atoms with Crippen molar-refractivity contribution in [1.82, 2.24) is 9.21 Å². The average molecular weight is 450 g/mol. The maximum absolute atomic E-state index is 13.1. The highest BCUT2D eigenvalue weighted by atomic mass is 32.2. The molecule has 0 aliphatic carbocycles. The molecule has 2 aliphatic rings. The number of ketones is 2. The number of likely N-dealkylation sites (tertiary alicyclic amines) is 1. The lowest BCUT2D eigenvalue weighted by Gasteiger charge is -2.29. The van der Waals surface area contributed by atoms with Crippen LogP contribution in [0.4, 0.5) is 0 Å². The Kier molecular flexibility index (Phi) is 5.18. The maximum Gasteiger partial charge on any atom is 0.323 e. The Morgan fingerprint density at radius 3 is 2.67 bits per heavy atom. The number of hydrogen-bond donors (Lipinski definition) is 1. The molecular weight excluding hydrogens is 432 g/mol. The molecule has 4 rings (SSSR count). The van der Waals surface area contributed by atoms with Gasteiger partial charge in [0, 0.05) is 29.6 Å². The molecule has 0 aromatic carbocycles. The first kappa shape index (κ1) is 20.6. The molecule has 0 radical (unpaired) electrons. The number of thiophene rings is 1. The number of amides is 1. The molecule has 12 heteroatoms. The summed E-state index contributed by atoms with van der Waals surface area (Å²) in [5.41, 5.74) is 5.23. The average Bonchev–Trinajstić information content (AvgIpc) is 3.42. The van der Waals surface area contributed by atoms with Crippen molar-refractivity contribution in [2.24, 2.45) is 5.73 Å². The SMILES string of the molecule is NC(=O)C(=O)C(c1cccs1)N1CCC2C1C(=O)CN2S(=O)(=O)c1cccc[n+]1[O-]. The number of Topliss-reactive ketones (excluding diaryl/α,β-unsaturated/α-hetero) is 2. The van der Waals surface area contributed by atoms with E-state index in [9.17, 15) is 28.0 Å². The van der Waals surface area contributed by atoms with Crippen molar-refractivity contribution in [2.45, 2.75) is 29.6 Å². The maximum atomic E-state index is 13.1. The number of sulfonamides is 1. The Labute approximate surface area is 176 Å². The van der Waals surface area contributed by atoms with Crippen LogP contribution in [-0.4, -0.2) is 60.3 Å². The molecule has 3 unspecified atom stereocenters. The monoisotopic (exact) mass is 450 g/mol.